The van der Waals surface area contributed by atoms with E-state index in [4.69, 9.17) is 14.2 Å². The fraction of sp³-hybridized carbons (Fsp3) is 0.727. The summed E-state index contributed by atoms with van der Waals surface area (Å²) in [6.45, 7) is 2.18. The molecule has 86 valence electrons. The van der Waals surface area contributed by atoms with Crippen molar-refractivity contribution in [2.75, 3.05) is 33.5 Å². The van der Waals surface area contributed by atoms with Gasteiger partial charge in [0.25, 0.3) is 0 Å². The molecule has 0 fully saturated rings. The molecule has 0 spiro atoms. The second kappa shape index (κ2) is 7.43. The van der Waals surface area contributed by atoms with E-state index in [1.54, 1.807) is 7.11 Å². The average molecular weight is 214 g/mol. The highest BCUT2D eigenvalue weighted by Gasteiger charge is 2.13. The maximum atomic E-state index is 11.5. The summed E-state index contributed by atoms with van der Waals surface area (Å²) < 4.78 is 15.3. The summed E-state index contributed by atoms with van der Waals surface area (Å²) in [6.07, 6.45) is 4.18. The van der Waals surface area contributed by atoms with Crippen LogP contribution < -0.4 is 0 Å². The van der Waals surface area contributed by atoms with Gasteiger partial charge in [-0.3, -0.25) is 4.79 Å². The van der Waals surface area contributed by atoms with Crippen LogP contribution in [0, 0.1) is 0 Å². The normalized spacial score (nSPS) is 15.7. The molecule has 1 rings (SSSR count). The maximum absolute atomic E-state index is 11.5. The Morgan fingerprint density at radius 2 is 2.33 bits per heavy atom. The Balaban J connectivity index is 2.10. The summed E-state index contributed by atoms with van der Waals surface area (Å²) in [5.74, 6) is 0.545. The number of carbonyl (C=O) groups excluding carboxylic acids is 1. The summed E-state index contributed by atoms with van der Waals surface area (Å²) in [6, 6.07) is 0. The van der Waals surface area contributed by atoms with Gasteiger partial charge in [-0.25, -0.2) is 0 Å². The largest absolute Gasteiger partial charge is 0.490 e. The number of ether oxygens (including phenoxy) is 3. The van der Waals surface area contributed by atoms with Crippen LogP contribution in [0.1, 0.15) is 19.3 Å². The van der Waals surface area contributed by atoms with E-state index < -0.39 is 0 Å². The molecule has 4 heteroatoms. The summed E-state index contributed by atoms with van der Waals surface area (Å²) in [4.78, 5) is 11.5. The Bertz CT molecular complexity index is 223. The van der Waals surface area contributed by atoms with Crippen LogP contribution >= 0.6 is 0 Å². The van der Waals surface area contributed by atoms with E-state index in [2.05, 4.69) is 0 Å². The van der Waals surface area contributed by atoms with Gasteiger partial charge in [0.15, 0.2) is 11.5 Å². The van der Waals surface area contributed by atoms with E-state index >= 15 is 0 Å². The van der Waals surface area contributed by atoms with Gasteiger partial charge in [0.1, 0.15) is 0 Å². The smallest absolute Gasteiger partial charge is 0.199 e. The van der Waals surface area contributed by atoms with Crippen LogP contribution in [0.25, 0.3) is 0 Å². The molecule has 0 aromatic carbocycles. The summed E-state index contributed by atoms with van der Waals surface area (Å²) in [5.41, 5.74) is 0. The quantitative estimate of drug-likeness (QED) is 0.599. The van der Waals surface area contributed by atoms with E-state index in [9.17, 15) is 4.79 Å². The first-order chi connectivity index (χ1) is 7.34. The number of ketones is 1. The van der Waals surface area contributed by atoms with Crippen molar-refractivity contribution in [3.05, 3.63) is 11.8 Å². The van der Waals surface area contributed by atoms with Gasteiger partial charge in [-0.2, -0.15) is 0 Å². The van der Waals surface area contributed by atoms with Crippen molar-refractivity contribution in [2.45, 2.75) is 19.3 Å². The number of hydrogen-bond donors (Lipinski definition) is 0. The fourth-order valence-corrected chi connectivity index (χ4v) is 1.28. The SMILES string of the molecule is COCCOCCC(=O)C1=CCCCO1. The number of Topliss-reactive ketones (excluding diaryl/α,β-unsaturated/α-hetero) is 1. The second-order valence-electron chi connectivity index (χ2n) is 3.34. The van der Waals surface area contributed by atoms with Crippen LogP contribution in [0.15, 0.2) is 11.8 Å². The number of carbonyl (C=O) groups is 1. The molecule has 1 heterocycles. The van der Waals surface area contributed by atoms with E-state index in [-0.39, 0.29) is 5.78 Å². The standard InChI is InChI=1S/C11H18O4/c1-13-8-9-14-7-5-10(12)11-4-2-3-6-15-11/h4H,2-3,5-9H2,1H3. The molecule has 0 saturated heterocycles. The molecule has 15 heavy (non-hydrogen) atoms. The molecule has 0 aromatic heterocycles. The van der Waals surface area contributed by atoms with Crippen LogP contribution in [0.4, 0.5) is 0 Å². The predicted octanol–water partition coefficient (Wildman–Crippen LogP) is 1.30. The molecule has 0 aromatic rings. The fourth-order valence-electron chi connectivity index (χ4n) is 1.28. The lowest BCUT2D eigenvalue weighted by atomic mass is 10.1. The Morgan fingerprint density at radius 1 is 1.47 bits per heavy atom. The average Bonchev–Trinajstić information content (AvgIpc) is 2.30. The predicted molar refractivity (Wildman–Crippen MR) is 55.6 cm³/mol. The van der Waals surface area contributed by atoms with Gasteiger partial charge in [0, 0.05) is 13.5 Å². The van der Waals surface area contributed by atoms with Gasteiger partial charge in [0.2, 0.25) is 0 Å². The monoisotopic (exact) mass is 214 g/mol. The maximum Gasteiger partial charge on any atom is 0.199 e. The van der Waals surface area contributed by atoms with Crippen molar-refractivity contribution in [3.63, 3.8) is 0 Å². The summed E-state index contributed by atoms with van der Waals surface area (Å²) in [5, 5.41) is 0. The van der Waals surface area contributed by atoms with Crippen molar-refractivity contribution < 1.29 is 19.0 Å². The topological polar surface area (TPSA) is 44.8 Å². The Kier molecular flexibility index (Phi) is 6.04. The van der Waals surface area contributed by atoms with Crippen molar-refractivity contribution in [1.29, 1.82) is 0 Å². The van der Waals surface area contributed by atoms with Gasteiger partial charge in [-0.05, 0) is 18.9 Å². The van der Waals surface area contributed by atoms with Gasteiger partial charge in [0.05, 0.1) is 26.4 Å². The van der Waals surface area contributed by atoms with E-state index in [1.165, 1.54) is 0 Å². The summed E-state index contributed by atoms with van der Waals surface area (Å²) in [7, 11) is 1.62. The molecule has 1 aliphatic heterocycles. The lowest BCUT2D eigenvalue weighted by Crippen LogP contribution is -2.14. The number of rotatable bonds is 7. The van der Waals surface area contributed by atoms with Crippen LogP contribution in [0.2, 0.25) is 0 Å². The van der Waals surface area contributed by atoms with Gasteiger partial charge >= 0.3 is 0 Å². The molecule has 0 amide bonds. The zero-order valence-electron chi connectivity index (χ0n) is 9.16. The van der Waals surface area contributed by atoms with Crippen molar-refractivity contribution in [2.24, 2.45) is 0 Å². The molecule has 0 N–H and O–H groups in total. The Hall–Kier alpha value is -0.870. The molecule has 0 atom stereocenters. The Morgan fingerprint density at radius 3 is 3.00 bits per heavy atom. The number of allylic oxidation sites excluding steroid dienone is 2. The number of methoxy groups -OCH3 is 1. The molecule has 0 saturated carbocycles. The molecular weight excluding hydrogens is 196 g/mol. The van der Waals surface area contributed by atoms with Gasteiger partial charge in [-0.15, -0.1) is 0 Å². The second-order valence-corrected chi connectivity index (χ2v) is 3.34. The third-order valence-electron chi connectivity index (χ3n) is 2.12. The third-order valence-corrected chi connectivity index (χ3v) is 2.12. The molecule has 0 radical (unpaired) electrons. The Labute approximate surface area is 90.2 Å². The van der Waals surface area contributed by atoms with Crippen LogP contribution in [0.3, 0.4) is 0 Å². The third kappa shape index (κ3) is 4.95. The minimum atomic E-state index is 0.0344. The first-order valence-corrected chi connectivity index (χ1v) is 5.27. The molecule has 0 unspecified atom stereocenters. The highest BCUT2D eigenvalue weighted by Crippen LogP contribution is 2.11. The van der Waals surface area contributed by atoms with Crippen LogP contribution in [0.5, 0.6) is 0 Å². The van der Waals surface area contributed by atoms with E-state index in [0.717, 1.165) is 12.8 Å². The van der Waals surface area contributed by atoms with Crippen molar-refractivity contribution in [1.82, 2.24) is 0 Å². The highest BCUT2D eigenvalue weighted by atomic mass is 16.5. The van der Waals surface area contributed by atoms with Gasteiger partial charge < -0.3 is 14.2 Å². The molecule has 1 aliphatic rings. The van der Waals surface area contributed by atoms with E-state index in [1.807, 2.05) is 6.08 Å². The van der Waals surface area contributed by atoms with Crippen molar-refractivity contribution in [3.8, 4) is 0 Å². The molecule has 0 aliphatic carbocycles. The zero-order valence-corrected chi connectivity index (χ0v) is 9.16. The minimum absolute atomic E-state index is 0.0344. The van der Waals surface area contributed by atoms with Crippen LogP contribution in [-0.2, 0) is 19.0 Å². The van der Waals surface area contributed by atoms with Gasteiger partial charge in [-0.1, -0.05) is 0 Å². The van der Waals surface area contributed by atoms with E-state index in [0.29, 0.717) is 38.6 Å². The lowest BCUT2D eigenvalue weighted by Gasteiger charge is -2.13. The first-order valence-electron chi connectivity index (χ1n) is 5.27. The van der Waals surface area contributed by atoms with Crippen molar-refractivity contribution >= 4 is 5.78 Å². The zero-order chi connectivity index (χ0) is 10.9. The number of hydrogen-bond acceptors (Lipinski definition) is 4. The molecule has 0 bridgehead atoms. The minimum Gasteiger partial charge on any atom is -0.490 e. The molecule has 4 nitrogen and oxygen atoms in total. The highest BCUT2D eigenvalue weighted by molar-refractivity contribution is 5.93. The molecular formula is C11H18O4. The summed E-state index contributed by atoms with van der Waals surface area (Å²) >= 11 is 0. The van der Waals surface area contributed by atoms with Crippen LogP contribution in [-0.4, -0.2) is 39.3 Å². The lowest BCUT2D eigenvalue weighted by molar-refractivity contribution is -0.120. The first kappa shape index (κ1) is 12.2.